The van der Waals surface area contributed by atoms with E-state index in [1.807, 2.05) is 13.8 Å². The van der Waals surface area contributed by atoms with Crippen molar-refractivity contribution in [2.45, 2.75) is 65.3 Å². The number of hydrogen-bond acceptors (Lipinski definition) is 3. The zero-order chi connectivity index (χ0) is 16.4. The number of rotatable bonds is 3. The van der Waals surface area contributed by atoms with Crippen LogP contribution in [-0.2, 0) is 13.0 Å². The number of halogens is 1. The van der Waals surface area contributed by atoms with Gasteiger partial charge in [-0.1, -0.05) is 57.6 Å². The molecule has 22 heavy (non-hydrogen) atoms. The Hall–Kier alpha value is -0.560. The normalized spacial score (nSPS) is 18.4. The van der Waals surface area contributed by atoms with Gasteiger partial charge in [0.2, 0.25) is 0 Å². The van der Waals surface area contributed by atoms with E-state index in [0.29, 0.717) is 4.47 Å². The number of nitrogens with zero attached hydrogens (tertiary/aromatic N) is 2. The van der Waals surface area contributed by atoms with Gasteiger partial charge in [0.25, 0.3) is 0 Å². The molecule has 2 nitrogen and oxygen atoms in total. The Morgan fingerprint density at radius 2 is 1.91 bits per heavy atom. The van der Waals surface area contributed by atoms with Gasteiger partial charge in [0.05, 0.1) is 5.69 Å². The fraction of sp³-hybridized carbons (Fsp3) is 0.722. The Bertz CT molecular complexity index is 436. The lowest BCUT2D eigenvalue weighted by atomic mass is 9.87. The summed E-state index contributed by atoms with van der Waals surface area (Å²) in [6.45, 7) is 7.46. The van der Waals surface area contributed by atoms with Crippen LogP contribution in [0, 0.1) is 18.8 Å². The smallest absolute Gasteiger partial charge is 0.184 e. The van der Waals surface area contributed by atoms with Gasteiger partial charge in [-0.2, -0.15) is 0 Å². The molecular formula is C18H29ClN2S. The van der Waals surface area contributed by atoms with Crippen LogP contribution >= 0.6 is 22.9 Å². The molecule has 1 aromatic heterocycles. The van der Waals surface area contributed by atoms with Crippen LogP contribution in [0.25, 0.3) is 0 Å². The second-order valence-electron chi connectivity index (χ2n) is 5.66. The van der Waals surface area contributed by atoms with E-state index in [0.717, 1.165) is 18.9 Å². The Kier molecular flexibility index (Phi) is 9.79. The Labute approximate surface area is 145 Å². The summed E-state index contributed by atoms with van der Waals surface area (Å²) in [5.41, 5.74) is 1.24. The van der Waals surface area contributed by atoms with Crippen LogP contribution in [-0.4, -0.2) is 23.0 Å². The van der Waals surface area contributed by atoms with E-state index in [2.05, 4.69) is 22.7 Å². The lowest BCUT2D eigenvalue weighted by Gasteiger charge is -2.29. The van der Waals surface area contributed by atoms with E-state index in [9.17, 15) is 0 Å². The monoisotopic (exact) mass is 340 g/mol. The first-order valence-electron chi connectivity index (χ1n) is 8.51. The molecule has 0 N–H and O–H groups in total. The quantitative estimate of drug-likeness (QED) is 0.685. The number of aromatic nitrogens is 1. The maximum atomic E-state index is 5.99. The largest absolute Gasteiger partial charge is 0.297 e. The summed E-state index contributed by atoms with van der Waals surface area (Å²) in [6.07, 6.45) is 17.8. The molecule has 0 amide bonds. The van der Waals surface area contributed by atoms with Crippen LogP contribution in [0.5, 0.6) is 0 Å². The molecule has 1 fully saturated rings. The van der Waals surface area contributed by atoms with Crippen molar-refractivity contribution in [3.05, 3.63) is 15.0 Å². The van der Waals surface area contributed by atoms with Gasteiger partial charge in [-0.05, 0) is 25.3 Å². The average Bonchev–Trinajstić information content (AvgIpc) is 2.97. The van der Waals surface area contributed by atoms with Crippen molar-refractivity contribution < 1.29 is 0 Å². The van der Waals surface area contributed by atoms with Crippen molar-refractivity contribution in [3.63, 3.8) is 0 Å². The third-order valence-electron chi connectivity index (χ3n) is 4.36. The van der Waals surface area contributed by atoms with E-state index in [-0.39, 0.29) is 0 Å². The van der Waals surface area contributed by atoms with Crippen molar-refractivity contribution in [3.8, 4) is 12.8 Å². The highest BCUT2D eigenvalue weighted by Crippen LogP contribution is 2.30. The molecule has 124 valence electrons. The first-order valence-corrected chi connectivity index (χ1v) is 9.70. The first-order chi connectivity index (χ1) is 10.8. The first kappa shape index (κ1) is 19.5. The van der Waals surface area contributed by atoms with Crippen molar-refractivity contribution in [1.29, 1.82) is 0 Å². The molecule has 0 spiro atoms. The highest BCUT2D eigenvalue weighted by atomic mass is 35.5. The summed E-state index contributed by atoms with van der Waals surface area (Å²) in [5.74, 6) is 0.985. The molecule has 1 aromatic rings. The van der Waals surface area contributed by atoms with Crippen LogP contribution < -0.4 is 0 Å². The van der Waals surface area contributed by atoms with E-state index < -0.39 is 0 Å². The molecule has 0 saturated heterocycles. The van der Waals surface area contributed by atoms with Crippen molar-refractivity contribution in [2.75, 3.05) is 13.1 Å². The highest BCUT2D eigenvalue weighted by Gasteiger charge is 2.21. The molecule has 2 heterocycles. The maximum Gasteiger partial charge on any atom is 0.184 e. The lowest BCUT2D eigenvalue weighted by Crippen LogP contribution is -2.32. The molecular weight excluding hydrogens is 312 g/mol. The van der Waals surface area contributed by atoms with E-state index >= 15 is 0 Å². The second-order valence-corrected chi connectivity index (χ2v) is 7.32. The summed E-state index contributed by atoms with van der Waals surface area (Å²) >= 11 is 7.65. The summed E-state index contributed by atoms with van der Waals surface area (Å²) in [6, 6.07) is 0. The molecule has 2 aliphatic rings. The van der Waals surface area contributed by atoms with Gasteiger partial charge >= 0.3 is 0 Å². The summed E-state index contributed by atoms with van der Waals surface area (Å²) in [4.78, 5) is 8.41. The minimum Gasteiger partial charge on any atom is -0.297 e. The van der Waals surface area contributed by atoms with Crippen LogP contribution in [0.1, 0.15) is 62.9 Å². The molecule has 1 aliphatic carbocycles. The predicted molar refractivity (Wildman–Crippen MR) is 98.5 cm³/mol. The van der Waals surface area contributed by atoms with Gasteiger partial charge in [0.1, 0.15) is 0 Å². The van der Waals surface area contributed by atoms with E-state index in [4.69, 9.17) is 11.6 Å². The van der Waals surface area contributed by atoms with Crippen molar-refractivity contribution in [2.24, 2.45) is 5.92 Å². The Morgan fingerprint density at radius 1 is 1.23 bits per heavy atom. The molecule has 1 aliphatic heterocycles. The van der Waals surface area contributed by atoms with E-state index in [1.54, 1.807) is 11.3 Å². The molecule has 0 atom stereocenters. The topological polar surface area (TPSA) is 16.1 Å². The second kappa shape index (κ2) is 11.0. The predicted octanol–water partition coefficient (Wildman–Crippen LogP) is 5.40. The molecule has 4 heteroatoms. The van der Waals surface area contributed by atoms with Gasteiger partial charge in [-0.3, -0.25) is 4.90 Å². The van der Waals surface area contributed by atoms with Gasteiger partial charge in [0, 0.05) is 18.0 Å². The zero-order valence-electron chi connectivity index (χ0n) is 14.0. The minimum atomic E-state index is 0.717. The van der Waals surface area contributed by atoms with Gasteiger partial charge < -0.3 is 0 Å². The third kappa shape index (κ3) is 5.91. The number of fused-ring (bicyclic) bond motifs is 1. The molecule has 0 aromatic carbocycles. The van der Waals surface area contributed by atoms with Crippen molar-refractivity contribution >= 4 is 22.9 Å². The van der Waals surface area contributed by atoms with Gasteiger partial charge in [-0.25, -0.2) is 4.98 Å². The molecule has 0 bridgehead atoms. The van der Waals surface area contributed by atoms with E-state index in [1.165, 1.54) is 62.2 Å². The van der Waals surface area contributed by atoms with Crippen LogP contribution in [0.3, 0.4) is 0 Å². The fourth-order valence-corrected chi connectivity index (χ4v) is 4.41. The maximum absolute atomic E-state index is 5.99. The van der Waals surface area contributed by atoms with Gasteiger partial charge in [-0.15, -0.1) is 24.2 Å². The zero-order valence-corrected chi connectivity index (χ0v) is 15.6. The van der Waals surface area contributed by atoms with Crippen molar-refractivity contribution in [1.82, 2.24) is 9.88 Å². The number of terminal acetylenes is 1. The van der Waals surface area contributed by atoms with Crippen LogP contribution in [0.2, 0.25) is 4.47 Å². The third-order valence-corrected chi connectivity index (χ3v) is 5.62. The number of thiazole rings is 1. The molecule has 3 rings (SSSR count). The molecule has 1 saturated carbocycles. The standard InChI is InChI=1S/C14H21ClN2S.C2H6.C2H2/c15-14-16-12-10-17(9-7-13(12)18-14)8-6-11-4-2-1-3-5-11;2*1-2/h11H,1-10H2;1-2H3;1-2H. The van der Waals surface area contributed by atoms with Crippen LogP contribution in [0.4, 0.5) is 0 Å². The summed E-state index contributed by atoms with van der Waals surface area (Å²) in [7, 11) is 0. The SMILES string of the molecule is C#C.CC.Clc1nc2c(s1)CCN(CCC1CCCCC1)C2. The van der Waals surface area contributed by atoms with Crippen LogP contribution in [0.15, 0.2) is 0 Å². The minimum absolute atomic E-state index is 0.717. The average molecular weight is 341 g/mol. The Balaban J connectivity index is 0.000000561. The Morgan fingerprint density at radius 3 is 2.59 bits per heavy atom. The van der Waals surface area contributed by atoms with Gasteiger partial charge in [0.15, 0.2) is 4.47 Å². The fourth-order valence-electron chi connectivity index (χ4n) is 3.25. The molecule has 0 radical (unpaired) electrons. The summed E-state index contributed by atoms with van der Waals surface area (Å²) < 4.78 is 0.717. The lowest BCUT2D eigenvalue weighted by molar-refractivity contribution is 0.216. The summed E-state index contributed by atoms with van der Waals surface area (Å²) in [5, 5.41) is 0. The highest BCUT2D eigenvalue weighted by molar-refractivity contribution is 7.15. The number of hydrogen-bond donors (Lipinski definition) is 0. The molecule has 0 unspecified atom stereocenters.